The van der Waals surface area contributed by atoms with Gasteiger partial charge in [0.1, 0.15) is 0 Å². The predicted molar refractivity (Wildman–Crippen MR) is 83.7 cm³/mol. The van der Waals surface area contributed by atoms with Crippen LogP contribution < -0.4 is 5.32 Å². The molecule has 0 saturated heterocycles. The molecule has 0 aromatic heterocycles. The van der Waals surface area contributed by atoms with Gasteiger partial charge in [0.15, 0.2) is 0 Å². The van der Waals surface area contributed by atoms with Gasteiger partial charge in [-0.05, 0) is 48.1 Å². The van der Waals surface area contributed by atoms with Gasteiger partial charge in [0.2, 0.25) is 0 Å². The number of carbonyl (C=O) groups is 1. The molecule has 0 radical (unpaired) electrons. The van der Waals surface area contributed by atoms with E-state index in [9.17, 15) is 4.79 Å². The summed E-state index contributed by atoms with van der Waals surface area (Å²) < 4.78 is 0. The van der Waals surface area contributed by atoms with Crippen molar-refractivity contribution < 1.29 is 9.90 Å². The highest BCUT2D eigenvalue weighted by molar-refractivity contribution is 5.67. The standard InChI is InChI=1S/C18H19NO2/c20-18(21)9-8-13-4-3-7-16(10-13)19-17-11-14-5-1-2-6-15(14)12-17/h1-7,10,17,19H,8-9,11-12H2,(H,20,21). The van der Waals surface area contributed by atoms with Crippen LogP contribution in [-0.2, 0) is 24.1 Å². The second kappa shape index (κ2) is 6.00. The molecule has 3 nitrogen and oxygen atoms in total. The van der Waals surface area contributed by atoms with Gasteiger partial charge in [-0.1, -0.05) is 36.4 Å². The van der Waals surface area contributed by atoms with E-state index < -0.39 is 5.97 Å². The Morgan fingerprint density at radius 2 is 1.81 bits per heavy atom. The number of hydrogen-bond donors (Lipinski definition) is 2. The third kappa shape index (κ3) is 3.43. The number of anilines is 1. The van der Waals surface area contributed by atoms with E-state index in [4.69, 9.17) is 5.11 Å². The molecule has 2 aromatic carbocycles. The Bertz CT molecular complexity index is 626. The molecule has 0 unspecified atom stereocenters. The van der Waals surface area contributed by atoms with Crippen molar-refractivity contribution in [1.29, 1.82) is 0 Å². The second-order valence-electron chi connectivity index (χ2n) is 5.61. The summed E-state index contributed by atoms with van der Waals surface area (Å²) in [5, 5.41) is 12.3. The number of nitrogens with one attached hydrogen (secondary N) is 1. The van der Waals surface area contributed by atoms with E-state index in [1.54, 1.807) is 0 Å². The highest BCUT2D eigenvalue weighted by atomic mass is 16.4. The van der Waals surface area contributed by atoms with E-state index in [0.29, 0.717) is 12.5 Å². The molecule has 0 spiro atoms. The van der Waals surface area contributed by atoms with Crippen LogP contribution in [0.15, 0.2) is 48.5 Å². The maximum Gasteiger partial charge on any atom is 0.303 e. The van der Waals surface area contributed by atoms with Crippen molar-refractivity contribution in [2.75, 3.05) is 5.32 Å². The minimum absolute atomic E-state index is 0.179. The first-order valence-corrected chi connectivity index (χ1v) is 7.35. The lowest BCUT2D eigenvalue weighted by Crippen LogP contribution is -2.19. The highest BCUT2D eigenvalue weighted by Crippen LogP contribution is 2.24. The number of hydrogen-bond acceptors (Lipinski definition) is 2. The fourth-order valence-electron chi connectivity index (χ4n) is 2.96. The second-order valence-corrected chi connectivity index (χ2v) is 5.61. The quantitative estimate of drug-likeness (QED) is 0.884. The third-order valence-corrected chi connectivity index (χ3v) is 3.98. The number of carboxylic acids is 1. The topological polar surface area (TPSA) is 49.3 Å². The van der Waals surface area contributed by atoms with Crippen LogP contribution in [0.3, 0.4) is 0 Å². The van der Waals surface area contributed by atoms with Crippen LogP contribution in [0.5, 0.6) is 0 Å². The van der Waals surface area contributed by atoms with Gasteiger partial charge >= 0.3 is 5.97 Å². The highest BCUT2D eigenvalue weighted by Gasteiger charge is 2.20. The largest absolute Gasteiger partial charge is 0.481 e. The van der Waals surface area contributed by atoms with E-state index >= 15 is 0 Å². The molecule has 0 aliphatic heterocycles. The number of fused-ring (bicyclic) bond motifs is 1. The summed E-state index contributed by atoms with van der Waals surface area (Å²) in [7, 11) is 0. The first kappa shape index (κ1) is 13.7. The first-order chi connectivity index (χ1) is 10.2. The smallest absolute Gasteiger partial charge is 0.303 e. The molecule has 3 heteroatoms. The third-order valence-electron chi connectivity index (χ3n) is 3.98. The van der Waals surface area contributed by atoms with Crippen LogP contribution in [0, 0.1) is 0 Å². The molecule has 0 bridgehead atoms. The molecule has 0 atom stereocenters. The summed E-state index contributed by atoms with van der Waals surface area (Å²) >= 11 is 0. The first-order valence-electron chi connectivity index (χ1n) is 7.35. The Morgan fingerprint density at radius 1 is 1.10 bits per heavy atom. The van der Waals surface area contributed by atoms with Gasteiger partial charge in [0, 0.05) is 18.2 Å². The summed E-state index contributed by atoms with van der Waals surface area (Å²) in [6.07, 6.45) is 2.86. The van der Waals surface area contributed by atoms with Gasteiger partial charge in [-0.25, -0.2) is 0 Å². The fourth-order valence-corrected chi connectivity index (χ4v) is 2.96. The lowest BCUT2D eigenvalue weighted by Gasteiger charge is -2.14. The molecule has 1 aliphatic rings. The molecule has 2 aromatic rings. The molecule has 0 fully saturated rings. The zero-order chi connectivity index (χ0) is 14.7. The van der Waals surface area contributed by atoms with Crippen molar-refractivity contribution in [1.82, 2.24) is 0 Å². The van der Waals surface area contributed by atoms with Crippen LogP contribution in [0.25, 0.3) is 0 Å². The van der Waals surface area contributed by atoms with Crippen LogP contribution in [0.1, 0.15) is 23.1 Å². The Kier molecular flexibility index (Phi) is 3.91. The summed E-state index contributed by atoms with van der Waals surface area (Å²) in [4.78, 5) is 10.6. The minimum atomic E-state index is -0.750. The van der Waals surface area contributed by atoms with Gasteiger partial charge < -0.3 is 10.4 Å². The van der Waals surface area contributed by atoms with Crippen molar-refractivity contribution in [2.24, 2.45) is 0 Å². The minimum Gasteiger partial charge on any atom is -0.481 e. The Labute approximate surface area is 124 Å². The van der Waals surface area contributed by atoms with Crippen LogP contribution in [0.2, 0.25) is 0 Å². The number of aliphatic carboxylic acids is 1. The Morgan fingerprint density at radius 3 is 2.48 bits per heavy atom. The monoisotopic (exact) mass is 281 g/mol. The van der Waals surface area contributed by atoms with E-state index in [-0.39, 0.29) is 6.42 Å². The van der Waals surface area contributed by atoms with Gasteiger partial charge in [-0.15, -0.1) is 0 Å². The predicted octanol–water partition coefficient (Wildman–Crippen LogP) is 3.28. The van der Waals surface area contributed by atoms with E-state index in [1.165, 1.54) is 11.1 Å². The van der Waals surface area contributed by atoms with Crippen LogP contribution in [0.4, 0.5) is 5.69 Å². The lowest BCUT2D eigenvalue weighted by molar-refractivity contribution is -0.136. The molecule has 1 aliphatic carbocycles. The molecule has 0 saturated carbocycles. The van der Waals surface area contributed by atoms with Crippen molar-refractivity contribution in [2.45, 2.75) is 31.7 Å². The van der Waals surface area contributed by atoms with Crippen LogP contribution >= 0.6 is 0 Å². The Balaban J connectivity index is 1.64. The van der Waals surface area contributed by atoms with E-state index in [2.05, 4.69) is 35.6 Å². The Hall–Kier alpha value is -2.29. The van der Waals surface area contributed by atoms with Crippen LogP contribution in [-0.4, -0.2) is 17.1 Å². The molecular formula is C18H19NO2. The van der Waals surface area contributed by atoms with Gasteiger partial charge in [0.25, 0.3) is 0 Å². The maximum atomic E-state index is 10.6. The van der Waals surface area contributed by atoms with E-state index in [0.717, 1.165) is 24.1 Å². The zero-order valence-corrected chi connectivity index (χ0v) is 11.9. The number of carboxylic acid groups (broad SMARTS) is 1. The van der Waals surface area contributed by atoms with Gasteiger partial charge in [-0.3, -0.25) is 4.79 Å². The number of benzene rings is 2. The van der Waals surface area contributed by atoms with Gasteiger partial charge in [0.05, 0.1) is 0 Å². The SMILES string of the molecule is O=C(O)CCc1cccc(NC2Cc3ccccc3C2)c1. The molecule has 2 N–H and O–H groups in total. The molecule has 3 rings (SSSR count). The number of aryl methyl sites for hydroxylation is 1. The summed E-state index contributed by atoms with van der Waals surface area (Å²) in [6, 6.07) is 17.1. The molecular weight excluding hydrogens is 262 g/mol. The maximum absolute atomic E-state index is 10.6. The van der Waals surface area contributed by atoms with Gasteiger partial charge in [-0.2, -0.15) is 0 Å². The zero-order valence-electron chi connectivity index (χ0n) is 11.9. The summed E-state index contributed by atoms with van der Waals surface area (Å²) in [5.41, 5.74) is 5.00. The van der Waals surface area contributed by atoms with E-state index in [1.807, 2.05) is 18.2 Å². The number of rotatable bonds is 5. The average Bonchev–Trinajstić information content (AvgIpc) is 2.87. The fraction of sp³-hybridized carbons (Fsp3) is 0.278. The summed E-state index contributed by atoms with van der Waals surface area (Å²) in [6.45, 7) is 0. The van der Waals surface area contributed by atoms with Crippen molar-refractivity contribution >= 4 is 11.7 Å². The van der Waals surface area contributed by atoms with Crippen molar-refractivity contribution in [3.63, 3.8) is 0 Å². The van der Waals surface area contributed by atoms with Crippen molar-refractivity contribution in [3.05, 3.63) is 65.2 Å². The molecule has 21 heavy (non-hydrogen) atoms. The summed E-state index contributed by atoms with van der Waals surface area (Å²) in [5.74, 6) is -0.750. The lowest BCUT2D eigenvalue weighted by atomic mass is 10.1. The average molecular weight is 281 g/mol. The molecule has 108 valence electrons. The normalized spacial score (nSPS) is 13.9. The molecule has 0 amide bonds. The molecule has 0 heterocycles. The van der Waals surface area contributed by atoms with Crippen molar-refractivity contribution in [3.8, 4) is 0 Å².